The normalized spacial score (nSPS) is 12.7. The van der Waals surface area contributed by atoms with Gasteiger partial charge in [0, 0.05) is 0 Å². The quantitative estimate of drug-likeness (QED) is 0.411. The molecule has 4 heteroatoms. The van der Waals surface area contributed by atoms with Crippen LogP contribution in [-0.2, 0) is 16.0 Å². The summed E-state index contributed by atoms with van der Waals surface area (Å²) in [5, 5.41) is 0. The summed E-state index contributed by atoms with van der Waals surface area (Å²) in [6.07, 6.45) is 0. The predicted molar refractivity (Wildman–Crippen MR) is 20.6 cm³/mol. The van der Waals surface area contributed by atoms with E-state index in [1.54, 1.807) is 0 Å². The third-order valence-corrected chi connectivity index (χ3v) is 0.429. The average Bonchev–Trinajstić information content (AvgIpc) is 1.38. The van der Waals surface area contributed by atoms with Crippen LogP contribution in [-0.4, -0.2) is 17.0 Å². The van der Waals surface area contributed by atoms with Crippen molar-refractivity contribution in [3.63, 3.8) is 0 Å². The molecule has 1 atom stereocenters. The zero-order valence-corrected chi connectivity index (χ0v) is 4.18. The Morgan fingerprint density at radius 3 is 1.83 bits per heavy atom. The molecule has 0 aliphatic rings. The molecule has 0 spiro atoms. The van der Waals surface area contributed by atoms with Crippen molar-refractivity contribution in [2.24, 2.45) is 11.5 Å². The van der Waals surface area contributed by atoms with Gasteiger partial charge in [-0.05, 0) is 0 Å². The predicted octanol–water partition coefficient (Wildman–Crippen LogP) is -2.05. The van der Waals surface area contributed by atoms with Crippen molar-refractivity contribution < 1.29 is 21.5 Å². The molecule has 6 heavy (non-hydrogen) atoms. The van der Waals surface area contributed by atoms with Gasteiger partial charge < -0.3 is 5.48 Å². The van der Waals surface area contributed by atoms with Crippen molar-refractivity contribution in [1.29, 1.82) is 0 Å². The smallest absolute Gasteiger partial charge is 0.412 e. The Kier molecular flexibility index (Phi) is 8.67. The van der Waals surface area contributed by atoms with Gasteiger partial charge in [-0.15, -0.1) is 0 Å². The molecule has 0 saturated heterocycles. The van der Waals surface area contributed by atoms with Gasteiger partial charge in [0.1, 0.15) is 0 Å². The van der Waals surface area contributed by atoms with Gasteiger partial charge in [0.05, 0.1) is 0 Å². The topological polar surface area (TPSA) is 83.5 Å². The Hall–Kier alpha value is 0.399. The van der Waals surface area contributed by atoms with E-state index in [0.717, 1.165) is 0 Å². The molecule has 0 heterocycles. The second-order valence-electron chi connectivity index (χ2n) is 0.695. The summed E-state index contributed by atoms with van der Waals surface area (Å²) < 4.78 is 0. The molecular weight excluding hydrogens is 132 g/mol. The molecule has 0 saturated carbocycles. The third kappa shape index (κ3) is 8.83. The summed E-state index contributed by atoms with van der Waals surface area (Å²) in [7, 11) is 0. The van der Waals surface area contributed by atoms with Gasteiger partial charge in [-0.1, -0.05) is 0 Å². The first-order valence-electron chi connectivity index (χ1n) is 1.32. The SMILES string of the molecule is NC[CH](N)[Cu].O. The van der Waals surface area contributed by atoms with Gasteiger partial charge in [0.15, 0.2) is 0 Å². The Labute approximate surface area is 45.2 Å². The van der Waals surface area contributed by atoms with Crippen LogP contribution in [0.1, 0.15) is 0 Å². The molecule has 0 aliphatic heterocycles. The second kappa shape index (κ2) is 5.40. The molecule has 0 fully saturated rings. The maximum absolute atomic E-state index is 4.97. The molecule has 1 unspecified atom stereocenters. The van der Waals surface area contributed by atoms with Gasteiger partial charge in [-0.25, -0.2) is 0 Å². The fourth-order valence-corrected chi connectivity index (χ4v) is 0. The first-order chi connectivity index (χ1) is 2.27. The molecule has 44 valence electrons. The maximum atomic E-state index is 4.97. The van der Waals surface area contributed by atoms with Crippen LogP contribution in [0.3, 0.4) is 0 Å². The number of hydrogen-bond donors (Lipinski definition) is 2. The summed E-state index contributed by atoms with van der Waals surface area (Å²) in [6, 6.07) is 0. The van der Waals surface area contributed by atoms with Gasteiger partial charge in [-0.2, -0.15) is 0 Å². The van der Waals surface area contributed by atoms with Crippen LogP contribution in [0, 0.1) is 0 Å². The fraction of sp³-hybridized carbons (Fsp3) is 1.00. The number of rotatable bonds is 1. The summed E-state index contributed by atoms with van der Waals surface area (Å²) >= 11 is 4.56. The average molecular weight is 141 g/mol. The summed E-state index contributed by atoms with van der Waals surface area (Å²) in [6.45, 7) is 0.389. The van der Waals surface area contributed by atoms with E-state index in [1.807, 2.05) is 0 Å². The van der Waals surface area contributed by atoms with Gasteiger partial charge in [-0.3, -0.25) is 0 Å². The molecule has 0 aromatic heterocycles. The molecule has 0 rings (SSSR count). The van der Waals surface area contributed by atoms with Crippen LogP contribution in [0.25, 0.3) is 0 Å². The van der Waals surface area contributed by atoms with E-state index < -0.39 is 0 Å². The van der Waals surface area contributed by atoms with Crippen LogP contribution in [0.4, 0.5) is 0 Å². The van der Waals surface area contributed by atoms with Crippen LogP contribution < -0.4 is 11.5 Å². The van der Waals surface area contributed by atoms with E-state index in [1.165, 1.54) is 0 Å². The van der Waals surface area contributed by atoms with E-state index >= 15 is 0 Å². The first-order valence-corrected chi connectivity index (χ1v) is 1.87. The molecule has 0 bridgehead atoms. The zero-order valence-electron chi connectivity index (χ0n) is 3.24. The number of nitrogens with two attached hydrogens (primary N) is 2. The van der Waals surface area contributed by atoms with Crippen LogP contribution in [0.15, 0.2) is 0 Å². The Balaban J connectivity index is 0. The minimum absolute atomic E-state index is 0. The molecule has 0 radical (unpaired) electrons. The Morgan fingerprint density at radius 2 is 1.83 bits per heavy atom. The summed E-state index contributed by atoms with van der Waals surface area (Å²) in [5.41, 5.74) is 9.91. The van der Waals surface area contributed by atoms with E-state index in [-0.39, 0.29) is 10.4 Å². The van der Waals surface area contributed by atoms with Crippen molar-refractivity contribution in [2.75, 3.05) is 6.54 Å². The summed E-state index contributed by atoms with van der Waals surface area (Å²) in [5.74, 6) is 0. The molecule has 0 amide bonds. The van der Waals surface area contributed by atoms with Crippen molar-refractivity contribution in [2.45, 2.75) is 4.94 Å². The van der Waals surface area contributed by atoms with Crippen LogP contribution in [0.5, 0.6) is 0 Å². The van der Waals surface area contributed by atoms with Crippen molar-refractivity contribution in [3.8, 4) is 0 Å². The molecule has 0 aliphatic carbocycles. The van der Waals surface area contributed by atoms with Crippen LogP contribution in [0.2, 0.25) is 0 Å². The zero-order chi connectivity index (χ0) is 4.28. The minimum Gasteiger partial charge on any atom is -0.412 e. The Morgan fingerprint density at radius 1 is 1.67 bits per heavy atom. The van der Waals surface area contributed by atoms with E-state index in [4.69, 9.17) is 11.5 Å². The Bertz CT molecular complexity index is 25.5. The van der Waals surface area contributed by atoms with Crippen molar-refractivity contribution in [1.82, 2.24) is 0 Å². The molecule has 0 aromatic rings. The molecule has 6 N–H and O–H groups in total. The largest absolute Gasteiger partial charge is 0.412 e. The minimum atomic E-state index is -0.275. The second-order valence-corrected chi connectivity index (χ2v) is 1.39. The van der Waals surface area contributed by atoms with Crippen molar-refractivity contribution in [3.05, 3.63) is 0 Å². The fourth-order valence-electron chi connectivity index (χ4n) is 0. The standard InChI is InChI=1S/C2H7N2.Cu.H2O/c3-1-2-4;;/h1H,2-4H2;;1H2. The maximum Gasteiger partial charge on any atom is -0.412 e. The molecule has 3 nitrogen and oxygen atoms in total. The van der Waals surface area contributed by atoms with Gasteiger partial charge in [0.25, 0.3) is 0 Å². The number of hydrogen-bond acceptors (Lipinski definition) is 2. The third-order valence-electron chi connectivity index (χ3n) is 0.207. The van der Waals surface area contributed by atoms with Gasteiger partial charge >= 0.3 is 39.0 Å². The molecular formula is C2H9CuN2O. The van der Waals surface area contributed by atoms with Crippen LogP contribution >= 0.6 is 0 Å². The van der Waals surface area contributed by atoms with E-state index in [2.05, 4.69) is 16.0 Å². The first kappa shape index (κ1) is 9.64. The van der Waals surface area contributed by atoms with E-state index in [0.29, 0.717) is 6.54 Å². The van der Waals surface area contributed by atoms with E-state index in [9.17, 15) is 0 Å². The monoisotopic (exact) mass is 140 g/mol. The van der Waals surface area contributed by atoms with Gasteiger partial charge in [0.2, 0.25) is 0 Å². The summed E-state index contributed by atoms with van der Waals surface area (Å²) in [4.78, 5) is -0.275. The van der Waals surface area contributed by atoms with Crippen molar-refractivity contribution >= 4 is 0 Å². The molecule has 0 aromatic carbocycles.